The number of hydrogen-bond acceptors (Lipinski definition) is 18. The van der Waals surface area contributed by atoms with E-state index in [1.165, 1.54) is 19.2 Å². The summed E-state index contributed by atoms with van der Waals surface area (Å²) in [5, 5.41) is 60.3. The molecule has 8 aromatic rings. The van der Waals surface area contributed by atoms with Crippen molar-refractivity contribution in [2.45, 2.75) is 30.2 Å². The maximum Gasteiger partial charge on any atom is 0.296 e. The lowest BCUT2D eigenvalue weighted by atomic mass is 10.1. The molecule has 0 saturated heterocycles. The van der Waals surface area contributed by atoms with E-state index in [1.807, 2.05) is 25.1 Å². The van der Waals surface area contributed by atoms with Crippen molar-refractivity contribution < 1.29 is 45.6 Å². The van der Waals surface area contributed by atoms with Gasteiger partial charge in [0.1, 0.15) is 38.4 Å². The lowest BCUT2D eigenvalue weighted by Gasteiger charge is -2.11. The molecule has 22 heteroatoms. The van der Waals surface area contributed by atoms with Gasteiger partial charge in [0.15, 0.2) is 12.5 Å². The Bertz CT molecular complexity index is 3720. The van der Waals surface area contributed by atoms with Crippen LogP contribution in [-0.4, -0.2) is 50.0 Å². The summed E-state index contributed by atoms with van der Waals surface area (Å²) in [6.45, 7) is 3.35. The SMILES string of the molecule is COc1cc(N=Nc2ccc(N=Nc3ccc(N=Nc4cc5c(S(=O)(=O)O)cccc5cc4S(=O)(=O)O)c(C)c3)c(C)c2)c(CO)cc1N=Nc1ccc2cc(NCOc3ccc(N)cc3)ccc2c1O. The third kappa shape index (κ3) is 11.5. The van der Waals surface area contributed by atoms with Crippen LogP contribution in [0.15, 0.2) is 184 Å². The number of azo groups is 4. The van der Waals surface area contributed by atoms with Crippen molar-refractivity contribution in [1.82, 2.24) is 0 Å². The minimum atomic E-state index is -4.81. The second kappa shape index (κ2) is 20.6. The first-order valence-corrected chi connectivity index (χ1v) is 24.0. The van der Waals surface area contributed by atoms with Crippen LogP contribution in [0.3, 0.4) is 0 Å². The summed E-state index contributed by atoms with van der Waals surface area (Å²) in [4.78, 5) is -1.08. The number of fused-ring (bicyclic) bond motifs is 2. The molecule has 0 radical (unpaired) electrons. The summed E-state index contributed by atoms with van der Waals surface area (Å²) in [5.74, 6) is 0.895. The van der Waals surface area contributed by atoms with E-state index in [-0.39, 0.29) is 40.3 Å². The van der Waals surface area contributed by atoms with Crippen molar-refractivity contribution in [3.8, 4) is 17.2 Å². The molecule has 8 aromatic carbocycles. The molecular weight excluding hydrogens is 953 g/mol. The number of nitrogen functional groups attached to an aromatic ring is 1. The molecular formula is C49H42N10O10S2. The quantitative estimate of drug-likeness (QED) is 0.0228. The second-order valence-electron chi connectivity index (χ2n) is 15.7. The number of benzene rings is 8. The van der Waals surface area contributed by atoms with E-state index in [2.05, 4.69) is 46.2 Å². The molecule has 0 atom stereocenters. The van der Waals surface area contributed by atoms with Gasteiger partial charge in [0.05, 0.1) is 42.2 Å². The first kappa shape index (κ1) is 48.9. The number of aromatic hydroxyl groups is 1. The molecule has 0 aliphatic heterocycles. The molecule has 0 heterocycles. The minimum absolute atomic E-state index is 0.0252. The first-order valence-electron chi connectivity index (χ1n) is 21.2. The van der Waals surface area contributed by atoms with Gasteiger partial charge >= 0.3 is 0 Å². The molecule has 8 rings (SSSR count). The molecule has 7 N–H and O–H groups in total. The molecule has 0 fully saturated rings. The Morgan fingerprint density at radius 1 is 0.563 bits per heavy atom. The molecule has 20 nitrogen and oxygen atoms in total. The zero-order chi connectivity index (χ0) is 50.5. The zero-order valence-corrected chi connectivity index (χ0v) is 39.5. The number of aliphatic hydroxyl groups excluding tert-OH is 1. The Kier molecular flexibility index (Phi) is 14.2. The Morgan fingerprint density at radius 3 is 1.79 bits per heavy atom. The molecule has 0 aromatic heterocycles. The van der Waals surface area contributed by atoms with Gasteiger partial charge < -0.3 is 30.7 Å². The van der Waals surface area contributed by atoms with Gasteiger partial charge in [0.25, 0.3) is 20.2 Å². The number of phenols is 1. The third-order valence-electron chi connectivity index (χ3n) is 10.8. The van der Waals surface area contributed by atoms with Crippen LogP contribution in [0.2, 0.25) is 0 Å². The fourth-order valence-corrected chi connectivity index (χ4v) is 8.51. The van der Waals surface area contributed by atoms with E-state index in [4.69, 9.17) is 15.2 Å². The monoisotopic (exact) mass is 994 g/mol. The van der Waals surface area contributed by atoms with Gasteiger partial charge in [0, 0.05) is 33.8 Å². The Balaban J connectivity index is 0.934. The molecule has 360 valence electrons. The van der Waals surface area contributed by atoms with Crippen molar-refractivity contribution in [1.29, 1.82) is 0 Å². The molecule has 0 aliphatic carbocycles. The van der Waals surface area contributed by atoms with Crippen LogP contribution in [0.4, 0.5) is 56.9 Å². The van der Waals surface area contributed by atoms with Crippen molar-refractivity contribution in [3.05, 3.63) is 150 Å². The van der Waals surface area contributed by atoms with Crippen LogP contribution in [-0.2, 0) is 26.8 Å². The molecule has 0 amide bonds. The summed E-state index contributed by atoms with van der Waals surface area (Å²) >= 11 is 0. The number of nitrogens with zero attached hydrogens (tertiary/aromatic N) is 8. The van der Waals surface area contributed by atoms with E-state index in [1.54, 1.807) is 91.9 Å². The minimum Gasteiger partial charge on any atom is -0.505 e. The first-order chi connectivity index (χ1) is 34.0. The van der Waals surface area contributed by atoms with Crippen LogP contribution in [0, 0.1) is 13.8 Å². The smallest absolute Gasteiger partial charge is 0.296 e. The summed E-state index contributed by atoms with van der Waals surface area (Å²) in [7, 11) is -8.04. The topological polar surface area (TPSA) is 305 Å². The Hall–Kier alpha value is -8.54. The number of aryl methyl sites for hydroxylation is 2. The highest BCUT2D eigenvalue weighted by molar-refractivity contribution is 7.86. The van der Waals surface area contributed by atoms with Crippen molar-refractivity contribution in [2.75, 3.05) is 24.9 Å². The van der Waals surface area contributed by atoms with Crippen LogP contribution < -0.4 is 20.5 Å². The van der Waals surface area contributed by atoms with E-state index in [0.29, 0.717) is 62.1 Å². The van der Waals surface area contributed by atoms with Crippen molar-refractivity contribution in [3.63, 3.8) is 0 Å². The molecule has 0 aliphatic rings. The lowest BCUT2D eigenvalue weighted by molar-refractivity contribution is 0.282. The van der Waals surface area contributed by atoms with Gasteiger partial charge in [-0.25, -0.2) is 0 Å². The number of aliphatic hydroxyl groups is 1. The van der Waals surface area contributed by atoms with Crippen LogP contribution in [0.5, 0.6) is 17.2 Å². The summed E-state index contributed by atoms with van der Waals surface area (Å²) in [6, 6.07) is 35.1. The number of hydrogen-bond donors (Lipinski definition) is 6. The zero-order valence-electron chi connectivity index (χ0n) is 37.8. The van der Waals surface area contributed by atoms with Crippen molar-refractivity contribution >= 4 is 98.7 Å². The summed E-state index contributed by atoms with van der Waals surface area (Å²) < 4.78 is 79.4. The number of rotatable bonds is 16. The number of methoxy groups -OCH3 is 1. The van der Waals surface area contributed by atoms with E-state index >= 15 is 0 Å². The number of nitrogens with one attached hydrogen (secondary N) is 1. The van der Waals surface area contributed by atoms with Crippen LogP contribution in [0.25, 0.3) is 21.5 Å². The molecule has 0 spiro atoms. The maximum atomic E-state index is 12.2. The molecule has 71 heavy (non-hydrogen) atoms. The lowest BCUT2D eigenvalue weighted by Crippen LogP contribution is -2.08. The van der Waals surface area contributed by atoms with Gasteiger partial charge in [-0.1, -0.05) is 18.2 Å². The predicted octanol–water partition coefficient (Wildman–Crippen LogP) is 13.0. The van der Waals surface area contributed by atoms with Gasteiger partial charge in [-0.3, -0.25) is 9.11 Å². The Morgan fingerprint density at radius 2 is 1.15 bits per heavy atom. The highest BCUT2D eigenvalue weighted by Crippen LogP contribution is 2.41. The average molecular weight is 995 g/mol. The van der Waals surface area contributed by atoms with E-state index < -0.39 is 36.6 Å². The number of anilines is 2. The highest BCUT2D eigenvalue weighted by atomic mass is 32.2. The highest BCUT2D eigenvalue weighted by Gasteiger charge is 2.21. The number of phenolic OH excluding ortho intramolecular Hbond substituents is 1. The van der Waals surface area contributed by atoms with Gasteiger partial charge in [-0.05, 0) is 145 Å². The third-order valence-corrected chi connectivity index (χ3v) is 12.6. The molecule has 0 unspecified atom stereocenters. The van der Waals surface area contributed by atoms with Crippen LogP contribution >= 0.6 is 0 Å². The van der Waals surface area contributed by atoms with E-state index in [9.17, 15) is 36.2 Å². The van der Waals surface area contributed by atoms with Crippen molar-refractivity contribution in [2.24, 2.45) is 40.9 Å². The maximum absolute atomic E-state index is 12.2. The summed E-state index contributed by atoms with van der Waals surface area (Å²) in [5.41, 5.74) is 11.1. The Labute approximate surface area is 406 Å². The van der Waals surface area contributed by atoms with Gasteiger partial charge in [0.2, 0.25) is 0 Å². The largest absolute Gasteiger partial charge is 0.505 e. The summed E-state index contributed by atoms with van der Waals surface area (Å²) in [6.07, 6.45) is 0. The van der Waals surface area contributed by atoms with Crippen LogP contribution in [0.1, 0.15) is 16.7 Å². The fourth-order valence-electron chi connectivity index (χ4n) is 7.16. The van der Waals surface area contributed by atoms with Gasteiger partial charge in [-0.15, -0.1) is 15.3 Å². The standard InChI is InChI=1S/C49H42N10O10S2/c1-28-19-36(11-17-40(28)54-52-35-12-18-41(29(2)20-35)55-59-45-24-39-30(23-48(45)71(65,66)67)5-4-6-47(39)70(62,63)64)53-57-43-25-46(68-3)44(22-32(43)26-60)58-56-42-16-7-31-21-34(10-15-38(31)49(42)61)51-27-69-37-13-8-33(50)9-14-37/h4-25,51,60-61H,26-27,50H2,1-3H3,(H,62,63,64)(H,65,66,67). The molecule has 0 saturated carbocycles. The fraction of sp³-hybridized carbons (Fsp3) is 0.102. The van der Waals surface area contributed by atoms with Gasteiger partial charge in [-0.2, -0.15) is 42.4 Å². The molecule has 0 bridgehead atoms. The normalized spacial score (nSPS) is 12.3. The predicted molar refractivity (Wildman–Crippen MR) is 267 cm³/mol. The number of ether oxygens (including phenoxy) is 2. The number of nitrogens with two attached hydrogens (primary N) is 1. The average Bonchev–Trinajstić information content (AvgIpc) is 3.34. The van der Waals surface area contributed by atoms with E-state index in [0.717, 1.165) is 34.8 Å². The second-order valence-corrected chi connectivity index (χ2v) is 18.5.